The van der Waals surface area contributed by atoms with Gasteiger partial charge in [-0.05, 0) is 56.3 Å². The lowest BCUT2D eigenvalue weighted by Gasteiger charge is -2.10. The minimum absolute atomic E-state index is 0.992. The van der Waals surface area contributed by atoms with Gasteiger partial charge in [-0.25, -0.2) is 4.57 Å². The van der Waals surface area contributed by atoms with E-state index in [9.17, 15) is 0 Å². The van der Waals surface area contributed by atoms with E-state index in [2.05, 4.69) is 149 Å². The monoisotopic (exact) mass is 619 g/mol. The summed E-state index contributed by atoms with van der Waals surface area (Å²) in [6.45, 7) is 8.57. The molecular weight excluding hydrogens is 577 g/mol. The van der Waals surface area contributed by atoms with Crippen molar-refractivity contribution in [3.05, 3.63) is 131 Å². The number of hydrogen-bond acceptors (Lipinski definition) is 3. The number of aromatic nitrogens is 3. The van der Waals surface area contributed by atoms with Gasteiger partial charge in [0.2, 0.25) is 0 Å². The molecule has 0 aliphatic rings. The van der Waals surface area contributed by atoms with E-state index >= 15 is 0 Å². The molecule has 226 valence electrons. The molecule has 0 fully saturated rings. The molecule has 0 amide bonds. The predicted molar refractivity (Wildman–Crippen MR) is 196 cm³/mol. The molecular formula is C38H43N4S2+. The van der Waals surface area contributed by atoms with Crippen molar-refractivity contribution in [2.45, 2.75) is 33.9 Å². The zero-order valence-corrected chi connectivity index (χ0v) is 28.1. The van der Waals surface area contributed by atoms with Crippen LogP contribution in [-0.4, -0.2) is 27.7 Å². The fourth-order valence-electron chi connectivity index (χ4n) is 5.70. The minimum atomic E-state index is 0.992. The predicted octanol–water partition coefficient (Wildman–Crippen LogP) is 8.98. The van der Waals surface area contributed by atoms with Gasteiger partial charge in [-0.15, -0.1) is 0 Å². The van der Waals surface area contributed by atoms with Gasteiger partial charge in [0.05, 0.1) is 0 Å². The smallest absolute Gasteiger partial charge is 0.169 e. The quantitative estimate of drug-likeness (QED) is 0.0617. The molecule has 44 heavy (non-hydrogen) atoms. The van der Waals surface area contributed by atoms with Crippen molar-refractivity contribution in [1.29, 1.82) is 0 Å². The largest absolute Gasteiger partial charge is 0.394 e. The molecule has 0 saturated carbocycles. The van der Waals surface area contributed by atoms with E-state index in [4.69, 9.17) is 0 Å². The van der Waals surface area contributed by atoms with Crippen LogP contribution in [0.1, 0.15) is 35.0 Å². The normalized spacial score (nSPS) is 12.6. The fourth-order valence-corrected chi connectivity index (χ4v) is 7.60. The Bertz CT molecular complexity index is 1830. The summed E-state index contributed by atoms with van der Waals surface area (Å²) < 4.78 is 7.03. The van der Waals surface area contributed by atoms with Gasteiger partial charge >= 0.3 is 0 Å². The third-order valence-corrected chi connectivity index (χ3v) is 10.5. The number of nitrogens with one attached hydrogen (secondary N) is 1. The van der Waals surface area contributed by atoms with Crippen LogP contribution in [0, 0.1) is 13.8 Å². The lowest BCUT2D eigenvalue weighted by Crippen LogP contribution is -2.25. The third-order valence-electron chi connectivity index (χ3n) is 8.10. The number of hydrogen-bond donors (Lipinski definition) is 1. The molecule has 0 spiro atoms. The van der Waals surface area contributed by atoms with Crippen LogP contribution in [0.15, 0.2) is 103 Å². The molecule has 3 aromatic heterocycles. The van der Waals surface area contributed by atoms with E-state index < -0.39 is 0 Å². The Morgan fingerprint density at radius 3 is 1.84 bits per heavy atom. The maximum Gasteiger partial charge on any atom is 0.169 e. The molecule has 0 saturated heterocycles. The van der Waals surface area contributed by atoms with E-state index in [-0.39, 0.29) is 0 Å². The molecule has 0 unspecified atom stereocenters. The van der Waals surface area contributed by atoms with Crippen LogP contribution in [0.5, 0.6) is 0 Å². The molecule has 0 radical (unpaired) electrons. The Kier molecular flexibility index (Phi) is 10.9. The van der Waals surface area contributed by atoms with Gasteiger partial charge in [0.25, 0.3) is 0 Å². The molecule has 0 aliphatic carbocycles. The number of pyridine rings is 1. The van der Waals surface area contributed by atoms with Gasteiger partial charge in [0, 0.05) is 88.1 Å². The number of nitrogens with zero attached hydrogens (tertiary/aromatic N) is 3. The fraction of sp³-hybridized carbons (Fsp3) is 0.237. The first-order valence-corrected chi connectivity index (χ1v) is 17.7. The average Bonchev–Trinajstić information content (AvgIpc) is 3.47. The zero-order chi connectivity index (χ0) is 30.9. The highest BCUT2D eigenvalue weighted by Gasteiger charge is 2.13. The Balaban J connectivity index is 1.22. The van der Waals surface area contributed by atoms with Gasteiger partial charge in [0.15, 0.2) is 12.4 Å². The van der Waals surface area contributed by atoms with Crippen LogP contribution < -0.4 is 9.88 Å². The van der Waals surface area contributed by atoms with E-state index in [1.807, 2.05) is 41.9 Å². The molecule has 1 N–H and O–H groups in total. The number of benzene rings is 2. The maximum absolute atomic E-state index is 3.08. The van der Waals surface area contributed by atoms with Gasteiger partial charge in [-0.1, -0.05) is 88.4 Å². The van der Waals surface area contributed by atoms with Crippen molar-refractivity contribution >= 4 is 61.6 Å². The van der Waals surface area contributed by atoms with E-state index in [1.165, 1.54) is 55.5 Å². The van der Waals surface area contributed by atoms with Gasteiger partial charge in [-0.3, -0.25) is 0 Å². The Hall–Kier alpha value is -3.87. The molecule has 5 rings (SSSR count). The lowest BCUT2D eigenvalue weighted by molar-refractivity contribution is -0.671. The number of rotatable bonds is 13. The molecule has 5 aromatic rings. The van der Waals surface area contributed by atoms with Crippen LogP contribution in [0.2, 0.25) is 0 Å². The topological polar surface area (TPSA) is 25.8 Å². The molecule has 2 aromatic carbocycles. The summed E-state index contributed by atoms with van der Waals surface area (Å²) in [6.07, 6.45) is 19.3. The van der Waals surface area contributed by atoms with Crippen molar-refractivity contribution < 1.29 is 4.57 Å². The standard InChI is InChI=1S/C38H43N4S2/c1-6-31(19-22-39-4)15-17-33-29(2)41(37-13-9-7-11-35(33)37)25-27-43-44-28-26-42-30(3)34(36-12-8-10-14-38(36)42)18-16-32-20-23-40(5)24-21-32/h6-24,39H,25-28H2,1-5H3/q+1/b17-15+,22-19-,31-6-. The highest BCUT2D eigenvalue weighted by Crippen LogP contribution is 2.31. The van der Waals surface area contributed by atoms with Crippen molar-refractivity contribution in [2.24, 2.45) is 7.05 Å². The van der Waals surface area contributed by atoms with Crippen LogP contribution in [0.3, 0.4) is 0 Å². The molecule has 3 heterocycles. The summed E-state index contributed by atoms with van der Waals surface area (Å²) in [7, 11) is 7.92. The second kappa shape index (κ2) is 15.2. The summed E-state index contributed by atoms with van der Waals surface area (Å²) in [5.74, 6) is 2.13. The molecule has 0 bridgehead atoms. The third kappa shape index (κ3) is 7.25. The number of para-hydroxylation sites is 2. The van der Waals surface area contributed by atoms with Crippen LogP contribution in [0.25, 0.3) is 40.0 Å². The highest BCUT2D eigenvalue weighted by molar-refractivity contribution is 8.76. The van der Waals surface area contributed by atoms with Crippen molar-refractivity contribution in [2.75, 3.05) is 18.6 Å². The number of aryl methyl sites for hydroxylation is 3. The first-order chi connectivity index (χ1) is 21.5. The SMILES string of the molecule is C/C=C(\C=C/NC)/C=C/c1c(C)n(CCSSCCn2c(C)c(/C=C/c3cc[n+](C)cc3)c3ccccc32)c2ccccc12. The molecule has 6 heteroatoms. The van der Waals surface area contributed by atoms with Crippen LogP contribution >= 0.6 is 21.6 Å². The van der Waals surface area contributed by atoms with Crippen molar-refractivity contribution in [3.63, 3.8) is 0 Å². The van der Waals surface area contributed by atoms with Gasteiger partial charge in [-0.2, -0.15) is 0 Å². The second-order valence-corrected chi connectivity index (χ2v) is 13.6. The van der Waals surface area contributed by atoms with E-state index in [0.29, 0.717) is 0 Å². The Labute approximate surface area is 270 Å². The first kappa shape index (κ1) is 31.6. The summed E-state index contributed by atoms with van der Waals surface area (Å²) in [6, 6.07) is 21.9. The number of fused-ring (bicyclic) bond motifs is 2. The summed E-state index contributed by atoms with van der Waals surface area (Å²) in [4.78, 5) is 0. The van der Waals surface area contributed by atoms with Crippen molar-refractivity contribution in [1.82, 2.24) is 14.5 Å². The summed E-state index contributed by atoms with van der Waals surface area (Å²) >= 11 is 0. The molecule has 4 nitrogen and oxygen atoms in total. The van der Waals surface area contributed by atoms with E-state index in [0.717, 1.165) is 24.6 Å². The number of allylic oxidation sites excluding steroid dienone is 4. The average molecular weight is 620 g/mol. The highest BCUT2D eigenvalue weighted by atomic mass is 33.1. The van der Waals surface area contributed by atoms with Crippen molar-refractivity contribution in [3.8, 4) is 0 Å². The lowest BCUT2D eigenvalue weighted by atomic mass is 10.1. The van der Waals surface area contributed by atoms with Gasteiger partial charge in [0.1, 0.15) is 7.05 Å². The Morgan fingerprint density at radius 2 is 1.30 bits per heavy atom. The Morgan fingerprint density at radius 1 is 0.750 bits per heavy atom. The second-order valence-electron chi connectivity index (χ2n) is 10.9. The van der Waals surface area contributed by atoms with E-state index in [1.54, 1.807) is 0 Å². The minimum Gasteiger partial charge on any atom is -0.394 e. The van der Waals surface area contributed by atoms with Crippen LogP contribution in [-0.2, 0) is 20.1 Å². The summed E-state index contributed by atoms with van der Waals surface area (Å²) in [5.41, 5.74) is 10.3. The maximum atomic E-state index is 3.08. The molecule has 0 aliphatic heterocycles. The zero-order valence-electron chi connectivity index (χ0n) is 26.5. The summed E-state index contributed by atoms with van der Waals surface area (Å²) in [5, 5.41) is 5.71. The first-order valence-electron chi connectivity index (χ1n) is 15.2. The van der Waals surface area contributed by atoms with Crippen LogP contribution in [0.4, 0.5) is 0 Å². The van der Waals surface area contributed by atoms with Gasteiger partial charge < -0.3 is 14.5 Å². The molecule has 0 atom stereocenters.